The van der Waals surface area contributed by atoms with Crippen LogP contribution in [0.15, 0.2) is 94.4 Å². The van der Waals surface area contributed by atoms with E-state index in [1.807, 2.05) is 6.07 Å². The fourth-order valence-corrected chi connectivity index (χ4v) is 6.46. The molecule has 3 aromatic carbocycles. The maximum absolute atomic E-state index is 13.2. The van der Waals surface area contributed by atoms with E-state index in [4.69, 9.17) is 42.5 Å². The molecule has 4 aromatic rings. The molecule has 0 unspecified atom stereocenters. The van der Waals surface area contributed by atoms with Crippen LogP contribution < -0.4 is 26.2 Å². The molecule has 0 bridgehead atoms. The Balaban J connectivity index is 1.04. The molecule has 2 atom stereocenters. The standard InChI is InChI=1S/C44H44ClN5O11S/c1-25(2)41(48-36(52)7-5-6-8-40(55)61-50-38(53)19-20-39(50)54)33(51)21-26(3)42(56)47-30-13-9-27(10-14-30)24-59-44(57)49-43(62)32-23-31(15-17-35(32)58-4)46-37-18-11-28-22-29(45)12-16-34(28)60-37/h9-20,22-23,25-26,41H,5-8,21,24H2,1-4H3,(H,47,56)(H,48,52)(H,49,57,62)/t26-,41+/m0/s1. The Labute approximate surface area is 366 Å². The number of hydroxylamine groups is 2. The molecule has 0 radical (unpaired) electrons. The zero-order valence-corrected chi connectivity index (χ0v) is 35.8. The van der Waals surface area contributed by atoms with E-state index in [1.54, 1.807) is 87.5 Å². The van der Waals surface area contributed by atoms with Crippen molar-refractivity contribution in [3.05, 3.63) is 107 Å². The second-order valence-electron chi connectivity index (χ2n) is 14.5. The number of thiocarbonyl (C=S) groups is 1. The molecule has 62 heavy (non-hydrogen) atoms. The van der Waals surface area contributed by atoms with Gasteiger partial charge >= 0.3 is 12.1 Å². The minimum atomic E-state index is -0.838. The van der Waals surface area contributed by atoms with E-state index in [2.05, 4.69) is 20.9 Å². The van der Waals surface area contributed by atoms with Gasteiger partial charge in [0.25, 0.3) is 11.8 Å². The molecule has 0 saturated carbocycles. The van der Waals surface area contributed by atoms with Crippen LogP contribution in [0.3, 0.4) is 0 Å². The third kappa shape index (κ3) is 13.1. The lowest BCUT2D eigenvalue weighted by molar-refractivity contribution is -0.196. The first-order valence-corrected chi connectivity index (χ1v) is 20.3. The summed E-state index contributed by atoms with van der Waals surface area (Å²) in [6.45, 7) is 5.05. The van der Waals surface area contributed by atoms with Gasteiger partial charge in [0, 0.05) is 59.5 Å². The number of rotatable bonds is 18. The molecule has 1 aliphatic rings. The Hall–Kier alpha value is -6.72. The van der Waals surface area contributed by atoms with Gasteiger partial charge in [-0.2, -0.15) is 0 Å². The molecule has 5 amide bonds. The second kappa shape index (κ2) is 21.7. The SMILES string of the molecule is COc1ccc(N=c2ccc3cc(Cl)ccc3o2)cc1C(=S)NC(=O)OCc1ccc(NC(=O)[C@@H](C)CC(=O)[C@H](NC(=O)CCCCC(=O)ON2C(=O)C=CC2=O)C(C)C)cc1. The molecule has 3 N–H and O–H groups in total. The first kappa shape index (κ1) is 46.3. The maximum Gasteiger partial charge on any atom is 0.412 e. The highest BCUT2D eigenvalue weighted by atomic mass is 35.5. The third-order valence-electron chi connectivity index (χ3n) is 9.35. The summed E-state index contributed by atoms with van der Waals surface area (Å²) in [5.74, 6) is -4.00. The highest BCUT2D eigenvalue weighted by Gasteiger charge is 2.29. The Morgan fingerprint density at radius 2 is 1.60 bits per heavy atom. The number of nitrogens with one attached hydrogen (secondary N) is 3. The van der Waals surface area contributed by atoms with Crippen molar-refractivity contribution in [2.24, 2.45) is 16.8 Å². The number of carbonyl (C=O) groups excluding carboxylic acids is 7. The molecule has 5 rings (SSSR count). The lowest BCUT2D eigenvalue weighted by Gasteiger charge is -2.23. The molecule has 16 nitrogen and oxygen atoms in total. The molecule has 0 spiro atoms. The number of methoxy groups -OCH3 is 1. The van der Waals surface area contributed by atoms with E-state index in [-0.39, 0.29) is 55.4 Å². The smallest absolute Gasteiger partial charge is 0.412 e. The number of anilines is 1. The first-order chi connectivity index (χ1) is 29.6. The van der Waals surface area contributed by atoms with Crippen molar-refractivity contribution in [1.82, 2.24) is 15.7 Å². The molecule has 0 aliphatic carbocycles. The van der Waals surface area contributed by atoms with Crippen molar-refractivity contribution in [1.29, 1.82) is 0 Å². The van der Waals surface area contributed by atoms with Crippen LogP contribution in [0, 0.1) is 11.8 Å². The quantitative estimate of drug-likeness (QED) is 0.0552. The summed E-state index contributed by atoms with van der Waals surface area (Å²) in [5.41, 5.74) is 2.91. The second-order valence-corrected chi connectivity index (χ2v) is 15.3. The van der Waals surface area contributed by atoms with Gasteiger partial charge in [0.05, 0.1) is 24.4 Å². The first-order valence-electron chi connectivity index (χ1n) is 19.5. The van der Waals surface area contributed by atoms with Crippen molar-refractivity contribution < 1.29 is 52.3 Å². The molecule has 324 valence electrons. The van der Waals surface area contributed by atoms with Gasteiger partial charge in [-0.1, -0.05) is 61.8 Å². The van der Waals surface area contributed by atoms with Crippen LogP contribution in [0.25, 0.3) is 11.0 Å². The number of hydrogen-bond donors (Lipinski definition) is 3. The molecule has 1 aromatic heterocycles. The molecule has 0 fully saturated rings. The Kier molecular flexibility index (Phi) is 16.2. The van der Waals surface area contributed by atoms with Gasteiger partial charge in [0.15, 0.2) is 5.78 Å². The van der Waals surface area contributed by atoms with Gasteiger partial charge < -0.3 is 29.4 Å². The summed E-state index contributed by atoms with van der Waals surface area (Å²) in [5, 5.41) is 9.83. The summed E-state index contributed by atoms with van der Waals surface area (Å²) in [6.07, 6.45) is 1.47. The van der Waals surface area contributed by atoms with Crippen molar-refractivity contribution >= 4 is 92.6 Å². The van der Waals surface area contributed by atoms with Gasteiger partial charge in [-0.15, -0.1) is 0 Å². The van der Waals surface area contributed by atoms with E-state index >= 15 is 0 Å². The molecular weight excluding hydrogens is 842 g/mol. The van der Waals surface area contributed by atoms with Gasteiger partial charge in [0.1, 0.15) is 22.9 Å². The number of Topliss-reactive ketones (excluding diaryl/α,β-unsaturated/α-hetero) is 1. The highest BCUT2D eigenvalue weighted by molar-refractivity contribution is 7.80. The average Bonchev–Trinajstić information content (AvgIpc) is 3.55. The molecular formula is C44H44ClN5O11S. The normalized spacial score (nSPS) is 13.5. The average molecular weight is 886 g/mol. The zero-order chi connectivity index (χ0) is 44.9. The largest absolute Gasteiger partial charge is 0.496 e. The van der Waals surface area contributed by atoms with Crippen LogP contribution >= 0.6 is 23.8 Å². The predicted octanol–water partition coefficient (Wildman–Crippen LogP) is 6.55. The number of fused-ring (bicyclic) bond motifs is 1. The molecule has 18 heteroatoms. The number of alkyl carbamates (subject to hydrolysis) is 1. The van der Waals surface area contributed by atoms with Gasteiger partial charge in [0.2, 0.25) is 17.4 Å². The van der Waals surface area contributed by atoms with Crippen LogP contribution in [-0.4, -0.2) is 64.7 Å². The van der Waals surface area contributed by atoms with Crippen LogP contribution in [0.1, 0.15) is 64.0 Å². The van der Waals surface area contributed by atoms with Gasteiger partial charge in [-0.3, -0.25) is 29.3 Å². The number of ether oxygens (including phenoxy) is 2. The van der Waals surface area contributed by atoms with Crippen molar-refractivity contribution in [3.63, 3.8) is 0 Å². The van der Waals surface area contributed by atoms with Crippen molar-refractivity contribution in [3.8, 4) is 5.75 Å². The third-order valence-corrected chi connectivity index (χ3v) is 9.90. The van der Waals surface area contributed by atoms with Crippen LogP contribution in [0.2, 0.25) is 5.02 Å². The zero-order valence-electron chi connectivity index (χ0n) is 34.2. The van der Waals surface area contributed by atoms with Crippen LogP contribution in [0.4, 0.5) is 16.2 Å². The number of ketones is 1. The summed E-state index contributed by atoms with van der Waals surface area (Å²) in [7, 11) is 1.47. The number of carbonyl (C=O) groups is 7. The minimum absolute atomic E-state index is 0.0190. The fraction of sp³-hybridized carbons (Fsp3) is 0.295. The number of nitrogens with zero attached hydrogens (tertiary/aromatic N) is 2. The summed E-state index contributed by atoms with van der Waals surface area (Å²) in [6, 6.07) is 19.6. The molecule has 2 heterocycles. The van der Waals surface area contributed by atoms with E-state index in [0.29, 0.717) is 49.5 Å². The van der Waals surface area contributed by atoms with E-state index in [1.165, 1.54) is 7.11 Å². The van der Waals surface area contributed by atoms with Crippen LogP contribution in [0.5, 0.6) is 5.75 Å². The number of unbranched alkanes of at least 4 members (excludes halogenated alkanes) is 1. The lowest BCUT2D eigenvalue weighted by Crippen LogP contribution is -2.45. The van der Waals surface area contributed by atoms with Gasteiger partial charge in [-0.05, 0) is 78.9 Å². The topological polar surface area (TPSA) is 212 Å². The number of imide groups is 1. The van der Waals surface area contributed by atoms with Crippen molar-refractivity contribution in [2.75, 3.05) is 12.4 Å². The number of amides is 5. The Morgan fingerprint density at radius 1 is 0.887 bits per heavy atom. The number of benzene rings is 3. The minimum Gasteiger partial charge on any atom is -0.496 e. The summed E-state index contributed by atoms with van der Waals surface area (Å²) >= 11 is 11.6. The van der Waals surface area contributed by atoms with Crippen LogP contribution in [-0.2, 0) is 44.9 Å². The number of hydrogen-bond acceptors (Lipinski definition) is 13. The summed E-state index contributed by atoms with van der Waals surface area (Å²) in [4.78, 5) is 96.0. The van der Waals surface area contributed by atoms with E-state index < -0.39 is 47.7 Å². The van der Waals surface area contributed by atoms with E-state index in [0.717, 1.165) is 17.5 Å². The summed E-state index contributed by atoms with van der Waals surface area (Å²) < 4.78 is 16.7. The monoisotopic (exact) mass is 885 g/mol. The maximum atomic E-state index is 13.2. The number of halogens is 1. The Morgan fingerprint density at radius 3 is 2.29 bits per heavy atom. The Bertz CT molecular complexity index is 2470. The lowest BCUT2D eigenvalue weighted by atomic mass is 9.92. The fourth-order valence-electron chi connectivity index (χ4n) is 6.04. The highest BCUT2D eigenvalue weighted by Crippen LogP contribution is 2.25. The van der Waals surface area contributed by atoms with Gasteiger partial charge in [-0.25, -0.2) is 14.6 Å². The van der Waals surface area contributed by atoms with Crippen molar-refractivity contribution in [2.45, 2.75) is 65.5 Å². The molecule has 1 aliphatic heterocycles. The predicted molar refractivity (Wildman–Crippen MR) is 231 cm³/mol. The molecule has 0 saturated heterocycles. The van der Waals surface area contributed by atoms with E-state index in [9.17, 15) is 33.6 Å².